The van der Waals surface area contributed by atoms with Crippen LogP contribution >= 0.6 is 0 Å². The number of likely N-dealkylation sites (tertiary alicyclic amines) is 1. The maximum absolute atomic E-state index is 13.9. The molecule has 2 aromatic rings. The van der Waals surface area contributed by atoms with Gasteiger partial charge in [0.1, 0.15) is 5.82 Å². The van der Waals surface area contributed by atoms with Gasteiger partial charge < -0.3 is 10.0 Å². The molecule has 0 bridgehead atoms. The predicted molar refractivity (Wildman–Crippen MR) is 107 cm³/mol. The Morgan fingerprint density at radius 3 is 2.11 bits per heavy atom. The van der Waals surface area contributed by atoms with Gasteiger partial charge >= 0.3 is 0 Å². The molecule has 0 amide bonds. The first-order valence-electron chi connectivity index (χ1n) is 10.3. The number of aliphatic hydroxyl groups excluding tert-OH is 1. The molecule has 4 rings (SSSR count). The standard InChI is InChI=1S/C24H30FNO/c25-22-10-6-9-21(17-22)23(11-4-5-12-23)18-26-15-13-24(19-27,14-16-26)20-7-2-1-3-8-20/h1-3,6-10,17,27H,4-5,11-16,18-19H2. The van der Waals surface area contributed by atoms with Crippen LogP contribution in [0.5, 0.6) is 0 Å². The third kappa shape index (κ3) is 3.68. The summed E-state index contributed by atoms with van der Waals surface area (Å²) in [6.45, 7) is 3.20. The van der Waals surface area contributed by atoms with Crippen molar-refractivity contribution in [1.82, 2.24) is 4.90 Å². The topological polar surface area (TPSA) is 23.5 Å². The summed E-state index contributed by atoms with van der Waals surface area (Å²) in [6.07, 6.45) is 6.72. The molecule has 0 unspecified atom stereocenters. The molecule has 1 heterocycles. The van der Waals surface area contributed by atoms with E-state index in [1.807, 2.05) is 12.1 Å². The quantitative estimate of drug-likeness (QED) is 0.831. The maximum Gasteiger partial charge on any atom is 0.123 e. The van der Waals surface area contributed by atoms with Crippen LogP contribution in [0, 0.1) is 5.82 Å². The van der Waals surface area contributed by atoms with E-state index in [-0.39, 0.29) is 23.3 Å². The number of rotatable bonds is 5. The second-order valence-electron chi connectivity index (χ2n) is 8.58. The van der Waals surface area contributed by atoms with Crippen LogP contribution in [0.4, 0.5) is 4.39 Å². The lowest BCUT2D eigenvalue weighted by atomic mass is 9.72. The van der Waals surface area contributed by atoms with Crippen molar-refractivity contribution in [2.75, 3.05) is 26.2 Å². The van der Waals surface area contributed by atoms with Gasteiger partial charge in [-0.25, -0.2) is 4.39 Å². The number of piperidine rings is 1. The van der Waals surface area contributed by atoms with Crippen molar-refractivity contribution >= 4 is 0 Å². The van der Waals surface area contributed by atoms with Gasteiger partial charge in [0.25, 0.3) is 0 Å². The highest BCUT2D eigenvalue weighted by Gasteiger charge is 2.41. The second kappa shape index (κ2) is 7.73. The SMILES string of the molecule is OCC1(c2ccccc2)CCN(CC2(c3cccc(F)c3)CCCC2)CC1. The molecule has 1 saturated heterocycles. The fourth-order valence-electron chi connectivity index (χ4n) is 5.31. The van der Waals surface area contributed by atoms with Crippen molar-refractivity contribution in [3.63, 3.8) is 0 Å². The minimum Gasteiger partial charge on any atom is -0.395 e. The molecular weight excluding hydrogens is 337 g/mol. The van der Waals surface area contributed by atoms with Crippen molar-refractivity contribution in [3.8, 4) is 0 Å². The van der Waals surface area contributed by atoms with Crippen LogP contribution in [0.25, 0.3) is 0 Å². The van der Waals surface area contributed by atoms with Crippen LogP contribution in [0.1, 0.15) is 49.7 Å². The number of aliphatic hydroxyl groups is 1. The average Bonchev–Trinajstić information content (AvgIpc) is 3.19. The normalized spacial score (nSPS) is 22.0. The number of hydrogen-bond donors (Lipinski definition) is 1. The number of halogens is 1. The van der Waals surface area contributed by atoms with E-state index in [0.717, 1.165) is 45.3 Å². The Morgan fingerprint density at radius 2 is 1.48 bits per heavy atom. The molecule has 2 aliphatic rings. The van der Waals surface area contributed by atoms with Crippen molar-refractivity contribution < 1.29 is 9.50 Å². The third-order valence-corrected chi connectivity index (χ3v) is 7.03. The third-order valence-electron chi connectivity index (χ3n) is 7.03. The van der Waals surface area contributed by atoms with E-state index in [1.54, 1.807) is 12.1 Å². The lowest BCUT2D eigenvalue weighted by molar-refractivity contribution is 0.0864. The summed E-state index contributed by atoms with van der Waals surface area (Å²) in [5.41, 5.74) is 2.41. The van der Waals surface area contributed by atoms with Crippen LogP contribution < -0.4 is 0 Å². The first kappa shape index (κ1) is 18.6. The minimum atomic E-state index is -0.124. The van der Waals surface area contributed by atoms with Crippen LogP contribution in [-0.2, 0) is 10.8 Å². The molecule has 1 saturated carbocycles. The smallest absolute Gasteiger partial charge is 0.123 e. The molecule has 0 spiro atoms. The monoisotopic (exact) mass is 367 g/mol. The molecule has 3 heteroatoms. The van der Waals surface area contributed by atoms with Crippen LogP contribution in [0.15, 0.2) is 54.6 Å². The summed E-state index contributed by atoms with van der Waals surface area (Å²) >= 11 is 0. The largest absolute Gasteiger partial charge is 0.395 e. The van der Waals surface area contributed by atoms with E-state index >= 15 is 0 Å². The fourth-order valence-corrected chi connectivity index (χ4v) is 5.31. The summed E-state index contributed by atoms with van der Waals surface area (Å²) in [5.74, 6) is -0.124. The van der Waals surface area contributed by atoms with E-state index in [1.165, 1.54) is 24.0 Å². The van der Waals surface area contributed by atoms with Gasteiger partial charge in [-0.1, -0.05) is 55.3 Å². The molecule has 2 nitrogen and oxygen atoms in total. The average molecular weight is 368 g/mol. The molecule has 27 heavy (non-hydrogen) atoms. The second-order valence-corrected chi connectivity index (χ2v) is 8.58. The van der Waals surface area contributed by atoms with Gasteiger partial charge in [0.05, 0.1) is 6.61 Å². The summed E-state index contributed by atoms with van der Waals surface area (Å²) in [7, 11) is 0. The molecule has 0 radical (unpaired) electrons. The first-order valence-corrected chi connectivity index (χ1v) is 10.3. The molecule has 1 aliphatic carbocycles. The molecular formula is C24H30FNO. The zero-order chi connectivity index (χ0) is 18.7. The molecule has 2 fully saturated rings. The van der Waals surface area contributed by atoms with Gasteiger partial charge in [-0.15, -0.1) is 0 Å². The van der Waals surface area contributed by atoms with E-state index in [9.17, 15) is 9.50 Å². The first-order chi connectivity index (χ1) is 13.2. The molecule has 0 atom stereocenters. The molecule has 144 valence electrons. The predicted octanol–water partition coefficient (Wildman–Crippen LogP) is 4.66. The highest BCUT2D eigenvalue weighted by atomic mass is 19.1. The zero-order valence-electron chi connectivity index (χ0n) is 16.0. The number of hydrogen-bond acceptors (Lipinski definition) is 2. The van der Waals surface area contributed by atoms with Gasteiger partial charge in [0.2, 0.25) is 0 Å². The lowest BCUT2D eigenvalue weighted by Gasteiger charge is -2.44. The summed E-state index contributed by atoms with van der Waals surface area (Å²) in [6, 6.07) is 17.7. The Morgan fingerprint density at radius 1 is 0.815 bits per heavy atom. The van der Waals surface area contributed by atoms with E-state index in [2.05, 4.69) is 35.2 Å². The van der Waals surface area contributed by atoms with E-state index < -0.39 is 0 Å². The van der Waals surface area contributed by atoms with Crippen LogP contribution in [0.3, 0.4) is 0 Å². The maximum atomic E-state index is 13.9. The number of nitrogens with zero attached hydrogens (tertiary/aromatic N) is 1. The van der Waals surface area contributed by atoms with E-state index in [0.29, 0.717) is 0 Å². The Bertz CT molecular complexity index is 746. The zero-order valence-corrected chi connectivity index (χ0v) is 16.0. The highest BCUT2D eigenvalue weighted by Crippen LogP contribution is 2.43. The van der Waals surface area contributed by atoms with E-state index in [4.69, 9.17) is 0 Å². The summed E-state index contributed by atoms with van der Waals surface area (Å²) in [4.78, 5) is 2.55. The number of benzene rings is 2. The highest BCUT2D eigenvalue weighted by molar-refractivity contribution is 5.29. The lowest BCUT2D eigenvalue weighted by Crippen LogP contribution is -2.48. The van der Waals surface area contributed by atoms with Crippen molar-refractivity contribution in [3.05, 3.63) is 71.5 Å². The van der Waals surface area contributed by atoms with Crippen molar-refractivity contribution in [1.29, 1.82) is 0 Å². The Kier molecular flexibility index (Phi) is 5.34. The van der Waals surface area contributed by atoms with Crippen molar-refractivity contribution in [2.24, 2.45) is 0 Å². The van der Waals surface area contributed by atoms with Gasteiger partial charge in [-0.05, 0) is 62.0 Å². The van der Waals surface area contributed by atoms with Gasteiger partial charge in [-0.3, -0.25) is 0 Å². The van der Waals surface area contributed by atoms with Gasteiger partial charge in [-0.2, -0.15) is 0 Å². The summed E-state index contributed by atoms with van der Waals surface area (Å²) in [5, 5.41) is 10.2. The minimum absolute atomic E-state index is 0.0913. The Balaban J connectivity index is 1.49. The van der Waals surface area contributed by atoms with Crippen molar-refractivity contribution in [2.45, 2.75) is 49.4 Å². The van der Waals surface area contributed by atoms with Crippen LogP contribution in [0.2, 0.25) is 0 Å². The molecule has 1 aliphatic heterocycles. The van der Waals surface area contributed by atoms with Gasteiger partial charge in [0.15, 0.2) is 0 Å². The van der Waals surface area contributed by atoms with Gasteiger partial charge in [0, 0.05) is 17.4 Å². The molecule has 0 aromatic heterocycles. The Hall–Kier alpha value is -1.71. The Labute approximate surface area is 162 Å². The van der Waals surface area contributed by atoms with Crippen LogP contribution in [-0.4, -0.2) is 36.2 Å². The fraction of sp³-hybridized carbons (Fsp3) is 0.500. The molecule has 1 N–H and O–H groups in total. The summed E-state index contributed by atoms with van der Waals surface area (Å²) < 4.78 is 13.9. The molecule has 2 aromatic carbocycles.